The fourth-order valence-corrected chi connectivity index (χ4v) is 14.5. The predicted molar refractivity (Wildman–Crippen MR) is 218 cm³/mol. The number of carbonyl (C=O) groups excluding carboxylic acids is 1. The molecule has 354 valence electrons. The summed E-state index contributed by atoms with van der Waals surface area (Å²) in [6.45, 7) is 15.3. The minimum atomic E-state index is -1.67. The fraction of sp³-hybridized carbons (Fsp3) is 0.935. The van der Waals surface area contributed by atoms with E-state index in [1.54, 1.807) is 0 Å². The Hall–Kier alpha value is -1.35. The van der Waals surface area contributed by atoms with E-state index in [1.165, 1.54) is 5.57 Å². The molecule has 0 aromatic rings. The zero-order valence-electron chi connectivity index (χ0n) is 37.5. The summed E-state index contributed by atoms with van der Waals surface area (Å²) < 4.78 is 35.3. The van der Waals surface area contributed by atoms with E-state index in [0.717, 1.165) is 44.9 Å². The Bertz CT molecular complexity index is 1690. The maximum atomic E-state index is 14.5. The molecule has 0 radical (unpaired) electrons. The molecular formula is C46H74O16. The van der Waals surface area contributed by atoms with Gasteiger partial charge in [0, 0.05) is 0 Å². The molecule has 3 saturated heterocycles. The van der Waals surface area contributed by atoms with Gasteiger partial charge in [-0.25, -0.2) is 0 Å². The van der Waals surface area contributed by atoms with Gasteiger partial charge in [0.2, 0.25) is 6.29 Å². The summed E-state index contributed by atoms with van der Waals surface area (Å²) in [5.74, 6) is 0.154. The molecule has 0 aromatic carbocycles. The normalized spacial score (nSPS) is 53.5. The van der Waals surface area contributed by atoms with Crippen molar-refractivity contribution in [2.24, 2.45) is 50.2 Å². The number of aliphatic hydroxyl groups is 9. The van der Waals surface area contributed by atoms with Crippen molar-refractivity contribution < 1.29 is 79.2 Å². The molecule has 5 aliphatic carbocycles. The van der Waals surface area contributed by atoms with Gasteiger partial charge in [0.15, 0.2) is 12.6 Å². The number of allylic oxidation sites excluding steroid dienone is 2. The zero-order valence-corrected chi connectivity index (χ0v) is 37.5. The van der Waals surface area contributed by atoms with E-state index in [-0.39, 0.29) is 58.2 Å². The van der Waals surface area contributed by atoms with Crippen molar-refractivity contribution in [3.63, 3.8) is 0 Å². The van der Waals surface area contributed by atoms with E-state index in [4.69, 9.17) is 28.4 Å². The van der Waals surface area contributed by atoms with Crippen molar-refractivity contribution in [2.45, 2.75) is 199 Å². The molecular weight excluding hydrogens is 808 g/mol. The first kappa shape index (κ1) is 47.2. The lowest BCUT2D eigenvalue weighted by molar-refractivity contribution is -0.351. The quantitative estimate of drug-likeness (QED) is 0.0996. The minimum Gasteiger partial charge on any atom is -0.432 e. The Balaban J connectivity index is 0.978. The van der Waals surface area contributed by atoms with Crippen molar-refractivity contribution >= 4 is 5.97 Å². The smallest absolute Gasteiger partial charge is 0.315 e. The molecule has 0 bridgehead atoms. The largest absolute Gasteiger partial charge is 0.432 e. The monoisotopic (exact) mass is 882 g/mol. The molecule has 9 N–H and O–H groups in total. The highest BCUT2D eigenvalue weighted by molar-refractivity contribution is 5.79. The zero-order chi connectivity index (χ0) is 45.1. The van der Waals surface area contributed by atoms with Crippen molar-refractivity contribution in [1.82, 2.24) is 0 Å². The number of esters is 1. The average molecular weight is 883 g/mol. The van der Waals surface area contributed by atoms with E-state index in [2.05, 4.69) is 54.5 Å². The average Bonchev–Trinajstić information content (AvgIpc) is 3.21. The Morgan fingerprint density at radius 3 is 2.06 bits per heavy atom. The van der Waals surface area contributed by atoms with Crippen LogP contribution in [0, 0.1) is 50.2 Å². The second-order valence-electron chi connectivity index (χ2n) is 22.6. The molecule has 0 unspecified atom stereocenters. The Morgan fingerprint density at radius 2 is 1.35 bits per heavy atom. The summed E-state index contributed by atoms with van der Waals surface area (Å²) >= 11 is 0. The molecule has 16 heteroatoms. The number of hydrogen-bond donors (Lipinski definition) is 9. The van der Waals surface area contributed by atoms with Crippen LogP contribution in [0.5, 0.6) is 0 Å². The summed E-state index contributed by atoms with van der Waals surface area (Å²) in [7, 11) is 0. The van der Waals surface area contributed by atoms with Crippen LogP contribution in [0.15, 0.2) is 11.6 Å². The van der Waals surface area contributed by atoms with Crippen LogP contribution in [0.2, 0.25) is 0 Å². The maximum Gasteiger partial charge on any atom is 0.315 e. The molecule has 0 amide bonds. The fourth-order valence-electron chi connectivity index (χ4n) is 14.5. The number of rotatable bonds is 7. The third kappa shape index (κ3) is 7.28. The topological polar surface area (TPSA) is 255 Å². The molecule has 4 saturated carbocycles. The molecule has 0 aromatic heterocycles. The van der Waals surface area contributed by atoms with Crippen molar-refractivity contribution in [3.8, 4) is 0 Å². The molecule has 0 spiro atoms. The Morgan fingerprint density at radius 1 is 0.694 bits per heavy atom. The first-order valence-corrected chi connectivity index (χ1v) is 23.1. The van der Waals surface area contributed by atoms with E-state index >= 15 is 0 Å². The van der Waals surface area contributed by atoms with E-state index in [9.17, 15) is 50.8 Å². The maximum absolute atomic E-state index is 14.5. The first-order valence-electron chi connectivity index (χ1n) is 23.1. The molecule has 3 aliphatic heterocycles. The van der Waals surface area contributed by atoms with Crippen molar-refractivity contribution in [1.29, 1.82) is 0 Å². The number of carbonyl (C=O) groups is 1. The van der Waals surface area contributed by atoms with Gasteiger partial charge in [0.25, 0.3) is 0 Å². The van der Waals surface area contributed by atoms with Crippen LogP contribution in [0.3, 0.4) is 0 Å². The van der Waals surface area contributed by atoms with E-state index < -0.39 is 97.9 Å². The third-order valence-electron chi connectivity index (χ3n) is 18.6. The molecule has 21 atom stereocenters. The molecule has 62 heavy (non-hydrogen) atoms. The lowest BCUT2D eigenvalue weighted by Gasteiger charge is -2.71. The number of hydrogen-bond acceptors (Lipinski definition) is 16. The van der Waals surface area contributed by atoms with Gasteiger partial charge in [-0.1, -0.05) is 60.1 Å². The van der Waals surface area contributed by atoms with Gasteiger partial charge in [-0.05, 0) is 109 Å². The lowest BCUT2D eigenvalue weighted by atomic mass is 9.33. The number of aliphatic hydroxyl groups excluding tert-OH is 9. The lowest BCUT2D eigenvalue weighted by Crippen LogP contribution is -2.66. The van der Waals surface area contributed by atoms with Crippen LogP contribution >= 0.6 is 0 Å². The van der Waals surface area contributed by atoms with Crippen LogP contribution in [-0.2, 0) is 33.2 Å². The van der Waals surface area contributed by atoms with E-state index in [1.807, 2.05) is 0 Å². The highest BCUT2D eigenvalue weighted by atomic mass is 16.7. The van der Waals surface area contributed by atoms with Gasteiger partial charge in [-0.2, -0.15) is 0 Å². The SMILES string of the molecule is CC1(C)CC[C@]2(C(=O)O[C@@H]3OC[C@@H](O)[C@H](O)[C@H]3O)CC[C@]3(C)C(=CC[C@@H]4[C@@]5(C)CC[C@H](O[C@@H]6OC[C@H](O[C@@H]7O[C@H](CO)[C@@H](O)[C@H](O)[C@H]7O)[C@H](O)[C@H]6O)C(C)(C)[C@H]5CC[C@]43C)[C@H]2C1. The van der Waals surface area contributed by atoms with Gasteiger partial charge in [-0.3, -0.25) is 4.79 Å². The van der Waals surface area contributed by atoms with Crippen LogP contribution in [0.4, 0.5) is 0 Å². The third-order valence-corrected chi connectivity index (χ3v) is 18.6. The number of ether oxygens (including phenoxy) is 6. The molecule has 8 rings (SSSR count). The Labute approximate surface area is 364 Å². The summed E-state index contributed by atoms with van der Waals surface area (Å²) in [5.41, 5.74) is -0.103. The van der Waals surface area contributed by atoms with Gasteiger partial charge >= 0.3 is 5.97 Å². The predicted octanol–water partition coefficient (Wildman–Crippen LogP) is 1.42. The molecule has 3 heterocycles. The summed E-state index contributed by atoms with van der Waals surface area (Å²) in [6, 6.07) is 0. The highest BCUT2D eigenvalue weighted by Gasteiger charge is 2.70. The highest BCUT2D eigenvalue weighted by Crippen LogP contribution is 2.76. The molecule has 8 aliphatic rings. The van der Waals surface area contributed by atoms with Crippen LogP contribution in [-0.4, -0.2) is 158 Å². The van der Waals surface area contributed by atoms with Crippen LogP contribution in [0.1, 0.15) is 113 Å². The van der Waals surface area contributed by atoms with Gasteiger partial charge in [0.1, 0.15) is 61.0 Å². The standard InChI is InChI=1S/C46H74O16/c1-41(2)14-16-46(40(56)62-38-34(53)30(49)24(48)20-57-38)17-15-44(6)22(23(46)18-41)8-9-28-43(5)12-11-29(42(3,4)27(43)10-13-45(28,44)7)61-37-35(54)32(51)26(21-58-37)60-39-36(55)33(52)31(50)25(19-47)59-39/h8,23-39,47-55H,9-21H2,1-7H3/t23-,24-,25-,26+,27-,28-,29+,30+,31-,32+,33+,34-,35-,36-,37+,38+,39+,43+,44-,45-,46+/m1/s1. The van der Waals surface area contributed by atoms with Crippen LogP contribution < -0.4 is 0 Å². The first-order chi connectivity index (χ1) is 29.0. The number of fused-ring (bicyclic) bond motifs is 7. The summed E-state index contributed by atoms with van der Waals surface area (Å²) in [6.07, 6.45) is -8.16. The second-order valence-corrected chi connectivity index (χ2v) is 22.6. The van der Waals surface area contributed by atoms with Crippen molar-refractivity contribution in [2.75, 3.05) is 19.8 Å². The summed E-state index contributed by atoms with van der Waals surface area (Å²) in [5, 5.41) is 94.0. The summed E-state index contributed by atoms with van der Waals surface area (Å²) in [4.78, 5) is 14.5. The van der Waals surface area contributed by atoms with Crippen LogP contribution in [0.25, 0.3) is 0 Å². The molecule has 16 nitrogen and oxygen atoms in total. The van der Waals surface area contributed by atoms with E-state index in [0.29, 0.717) is 25.2 Å². The van der Waals surface area contributed by atoms with Gasteiger partial charge in [-0.15, -0.1) is 0 Å². The molecule has 7 fully saturated rings. The van der Waals surface area contributed by atoms with Gasteiger partial charge in [0.05, 0.1) is 31.3 Å². The Kier molecular flexibility index (Phi) is 12.5. The minimum absolute atomic E-state index is 0.00238. The van der Waals surface area contributed by atoms with Gasteiger partial charge < -0.3 is 74.4 Å². The second kappa shape index (κ2) is 16.5. The van der Waals surface area contributed by atoms with Crippen molar-refractivity contribution in [3.05, 3.63) is 11.6 Å².